The number of nitrogens with one attached hydrogen (secondary N) is 1. The van der Waals surface area contributed by atoms with E-state index in [0.717, 1.165) is 0 Å². The highest BCUT2D eigenvalue weighted by molar-refractivity contribution is 5.95. The Balaban J connectivity index is 3.47. The lowest BCUT2D eigenvalue weighted by atomic mass is 10.2. The lowest BCUT2D eigenvalue weighted by Crippen LogP contribution is -2.18. The average molecular weight is 157 g/mol. The first-order valence-corrected chi connectivity index (χ1v) is 2.60. The van der Waals surface area contributed by atoms with Crippen molar-refractivity contribution in [2.45, 2.75) is 0 Å². The molecule has 0 fully saturated rings. The van der Waals surface area contributed by atoms with Gasteiger partial charge in [-0.15, -0.1) is 0 Å². The predicted octanol–water partition coefficient (Wildman–Crippen LogP) is -0.0938. The van der Waals surface area contributed by atoms with Crippen LogP contribution in [0.3, 0.4) is 0 Å². The summed E-state index contributed by atoms with van der Waals surface area (Å²) in [7, 11) is 0. The Morgan fingerprint density at radius 1 is 1.82 bits per heavy atom. The summed E-state index contributed by atoms with van der Waals surface area (Å²) in [6.07, 6.45) is -1.31. The SMILES string of the molecule is [2H]c1nc([2H])c(O)c(C(=O)NO)c1[2H]. The lowest BCUT2D eigenvalue weighted by molar-refractivity contribution is 0.0703. The quantitative estimate of drug-likeness (QED) is 0.393. The van der Waals surface area contributed by atoms with E-state index >= 15 is 0 Å². The van der Waals surface area contributed by atoms with Crippen molar-refractivity contribution in [3.8, 4) is 5.75 Å². The summed E-state index contributed by atoms with van der Waals surface area (Å²) in [5.41, 5.74) is 0.563. The van der Waals surface area contributed by atoms with Crippen LogP contribution >= 0.6 is 0 Å². The molecule has 1 aromatic heterocycles. The second-order valence-electron chi connectivity index (χ2n) is 1.62. The third-order valence-corrected chi connectivity index (χ3v) is 0.964. The van der Waals surface area contributed by atoms with Gasteiger partial charge in [0.15, 0.2) is 0 Å². The fourth-order valence-corrected chi connectivity index (χ4v) is 0.500. The molecule has 0 spiro atoms. The Morgan fingerprint density at radius 3 is 3.18 bits per heavy atom. The third kappa shape index (κ3) is 1.44. The Hall–Kier alpha value is -1.62. The number of amides is 1. The van der Waals surface area contributed by atoms with Gasteiger partial charge >= 0.3 is 0 Å². The van der Waals surface area contributed by atoms with E-state index in [1.807, 2.05) is 0 Å². The molecule has 1 amide bonds. The molecule has 0 unspecified atom stereocenters. The molecule has 5 heteroatoms. The number of pyridine rings is 1. The van der Waals surface area contributed by atoms with Crippen molar-refractivity contribution in [2.75, 3.05) is 0 Å². The van der Waals surface area contributed by atoms with Gasteiger partial charge in [-0.05, 0) is 6.04 Å². The lowest BCUT2D eigenvalue weighted by Gasteiger charge is -1.98. The van der Waals surface area contributed by atoms with Gasteiger partial charge in [-0.3, -0.25) is 15.0 Å². The van der Waals surface area contributed by atoms with Crippen LogP contribution in [0.1, 0.15) is 14.5 Å². The average Bonchev–Trinajstić information content (AvgIpc) is 2.15. The number of carbonyl (C=O) groups is 1. The molecular weight excluding hydrogens is 148 g/mol. The van der Waals surface area contributed by atoms with Gasteiger partial charge in [0.05, 0.1) is 15.8 Å². The summed E-state index contributed by atoms with van der Waals surface area (Å²) < 4.78 is 21.3. The van der Waals surface area contributed by atoms with Crippen LogP contribution in [0.5, 0.6) is 5.75 Å². The molecular formula is C6H6N2O3. The molecule has 0 saturated heterocycles. The smallest absolute Gasteiger partial charge is 0.278 e. The fraction of sp³-hybridized carbons (Fsp3) is 0. The normalized spacial score (nSPS) is 13.0. The molecule has 0 aromatic carbocycles. The molecule has 58 valence electrons. The fourth-order valence-electron chi connectivity index (χ4n) is 0.500. The molecule has 0 aliphatic rings. The number of aromatic nitrogens is 1. The molecule has 3 N–H and O–H groups in total. The maximum Gasteiger partial charge on any atom is 0.278 e. The summed E-state index contributed by atoms with van der Waals surface area (Å²) in [5.74, 6) is -1.99. The molecule has 0 saturated carbocycles. The maximum atomic E-state index is 10.9. The van der Waals surface area contributed by atoms with E-state index in [-0.39, 0.29) is 0 Å². The highest BCUT2D eigenvalue weighted by Crippen LogP contribution is 2.12. The number of carbonyl (C=O) groups excluding carboxylic acids is 1. The maximum absolute atomic E-state index is 10.9. The topological polar surface area (TPSA) is 82.5 Å². The molecule has 0 bridgehead atoms. The van der Waals surface area contributed by atoms with Crippen LogP contribution in [0.2, 0.25) is 0 Å². The van der Waals surface area contributed by atoms with Gasteiger partial charge in [-0.2, -0.15) is 0 Å². The van der Waals surface area contributed by atoms with Gasteiger partial charge < -0.3 is 5.11 Å². The number of nitrogens with zero attached hydrogens (tertiary/aromatic N) is 1. The van der Waals surface area contributed by atoms with E-state index in [1.165, 1.54) is 5.48 Å². The highest BCUT2D eigenvalue weighted by Gasteiger charge is 2.07. The minimum Gasteiger partial charge on any atom is -0.505 e. The largest absolute Gasteiger partial charge is 0.505 e. The summed E-state index contributed by atoms with van der Waals surface area (Å²) in [6.45, 7) is 0. The van der Waals surface area contributed by atoms with Crippen molar-refractivity contribution in [3.63, 3.8) is 0 Å². The summed E-state index contributed by atoms with van der Waals surface area (Å²) in [6, 6.07) is -0.648. The first-order chi connectivity index (χ1) is 6.49. The van der Waals surface area contributed by atoms with Crippen molar-refractivity contribution in [1.82, 2.24) is 10.5 Å². The van der Waals surface area contributed by atoms with Gasteiger partial charge in [0.25, 0.3) is 5.91 Å². The van der Waals surface area contributed by atoms with E-state index in [1.54, 1.807) is 0 Å². The van der Waals surface area contributed by atoms with Gasteiger partial charge in [0.1, 0.15) is 5.75 Å². The number of hydrogen-bond donors (Lipinski definition) is 3. The number of aromatic hydroxyl groups is 1. The molecule has 0 atom stereocenters. The van der Waals surface area contributed by atoms with E-state index in [0.29, 0.717) is 0 Å². The second-order valence-corrected chi connectivity index (χ2v) is 1.62. The van der Waals surface area contributed by atoms with Crippen molar-refractivity contribution in [2.24, 2.45) is 0 Å². The number of rotatable bonds is 1. The molecule has 5 nitrogen and oxygen atoms in total. The van der Waals surface area contributed by atoms with Gasteiger partial charge in [0.2, 0.25) is 0 Å². The van der Waals surface area contributed by atoms with E-state index in [4.69, 9.17) is 9.32 Å². The van der Waals surface area contributed by atoms with E-state index in [2.05, 4.69) is 4.98 Å². The van der Waals surface area contributed by atoms with Gasteiger partial charge in [-0.25, -0.2) is 5.48 Å². The minimum atomic E-state index is -1.16. The van der Waals surface area contributed by atoms with Crippen LogP contribution in [-0.4, -0.2) is 21.2 Å². The molecule has 0 aliphatic heterocycles. The van der Waals surface area contributed by atoms with Crippen LogP contribution in [0.4, 0.5) is 0 Å². The molecule has 1 aromatic rings. The standard InChI is InChI=1S/C6H6N2O3/c9-5-3-7-2-1-4(5)6(10)8-11/h1-3,9,11H,(H,8,10)/i1D,2D,3D. The van der Waals surface area contributed by atoms with E-state index < -0.39 is 35.6 Å². The Morgan fingerprint density at radius 2 is 2.55 bits per heavy atom. The zero-order valence-corrected chi connectivity index (χ0v) is 5.25. The van der Waals surface area contributed by atoms with Crippen LogP contribution in [0.25, 0.3) is 0 Å². The summed E-state index contributed by atoms with van der Waals surface area (Å²) in [4.78, 5) is 14.1. The van der Waals surface area contributed by atoms with Crippen LogP contribution in [0.15, 0.2) is 18.4 Å². The molecule has 0 aliphatic carbocycles. The highest BCUT2D eigenvalue weighted by atomic mass is 16.5. The van der Waals surface area contributed by atoms with E-state index in [9.17, 15) is 9.90 Å². The van der Waals surface area contributed by atoms with Crippen molar-refractivity contribution in [3.05, 3.63) is 24.0 Å². The Bertz CT molecular complexity index is 370. The van der Waals surface area contributed by atoms with Crippen molar-refractivity contribution in [1.29, 1.82) is 0 Å². The monoisotopic (exact) mass is 157 g/mol. The first-order valence-electron chi connectivity index (χ1n) is 4.10. The van der Waals surface area contributed by atoms with Gasteiger partial charge in [0, 0.05) is 6.17 Å². The molecule has 1 rings (SSSR count). The van der Waals surface area contributed by atoms with Crippen LogP contribution in [-0.2, 0) is 0 Å². The van der Waals surface area contributed by atoms with Crippen molar-refractivity contribution >= 4 is 5.91 Å². The summed E-state index contributed by atoms with van der Waals surface area (Å²) >= 11 is 0. The Labute approximate surface area is 66.5 Å². The number of hydrogen-bond acceptors (Lipinski definition) is 4. The molecule has 0 radical (unpaired) electrons. The van der Waals surface area contributed by atoms with Crippen LogP contribution in [0, 0.1) is 0 Å². The van der Waals surface area contributed by atoms with Gasteiger partial charge in [-0.1, -0.05) is 0 Å². The zero-order valence-electron chi connectivity index (χ0n) is 8.25. The first kappa shape index (κ1) is 4.30. The summed E-state index contributed by atoms with van der Waals surface area (Å²) in [5, 5.41) is 17.5. The zero-order chi connectivity index (χ0) is 10.9. The Kier molecular flexibility index (Phi) is 1.16. The third-order valence-electron chi connectivity index (χ3n) is 0.964. The number of hydroxylamine groups is 1. The van der Waals surface area contributed by atoms with Crippen LogP contribution < -0.4 is 5.48 Å². The second kappa shape index (κ2) is 2.98. The molecule has 1 heterocycles. The predicted molar refractivity (Wildman–Crippen MR) is 35.2 cm³/mol. The molecule has 11 heavy (non-hydrogen) atoms. The van der Waals surface area contributed by atoms with Crippen molar-refractivity contribution < 1.29 is 19.2 Å². The minimum absolute atomic E-state index is 0.619.